The van der Waals surface area contributed by atoms with E-state index < -0.39 is 0 Å². The summed E-state index contributed by atoms with van der Waals surface area (Å²) in [4.78, 5) is 8.35. The van der Waals surface area contributed by atoms with Crippen molar-refractivity contribution in [3.05, 3.63) is 18.4 Å². The normalized spacial score (nSPS) is 12.9. The Labute approximate surface area is 93.5 Å². The monoisotopic (exact) mass is 221 g/mol. The number of hydrogen-bond donors (Lipinski definition) is 1. The molecule has 0 aliphatic heterocycles. The Morgan fingerprint density at radius 3 is 2.94 bits per heavy atom. The molecule has 86 valence electrons. The van der Waals surface area contributed by atoms with Crippen molar-refractivity contribution in [3.8, 4) is 11.5 Å². The van der Waals surface area contributed by atoms with Gasteiger partial charge in [0.25, 0.3) is 0 Å². The topological polar surface area (TPSA) is 82.8 Å². The van der Waals surface area contributed by atoms with Crippen molar-refractivity contribution in [1.29, 1.82) is 0 Å². The minimum Gasteiger partial charge on any atom is -0.339 e. The Kier molecular flexibility index (Phi) is 3.00. The van der Waals surface area contributed by atoms with E-state index in [0.29, 0.717) is 18.3 Å². The minimum atomic E-state index is 0.134. The average Bonchev–Trinajstić information content (AvgIpc) is 2.89. The SMILES string of the molecule is CCC(CN)c1nc(-c2cncn2C)no1. The standard InChI is InChI=1S/C10H15N5O/c1-3-7(4-11)10-13-9(14-16-10)8-5-12-6-15(8)2/h5-7H,3-4,11H2,1-2H3. The predicted molar refractivity (Wildman–Crippen MR) is 58.6 cm³/mol. The Bertz CT molecular complexity index is 457. The molecule has 0 aliphatic rings. The van der Waals surface area contributed by atoms with Crippen LogP contribution in [0.15, 0.2) is 17.0 Å². The van der Waals surface area contributed by atoms with Gasteiger partial charge in [-0.25, -0.2) is 4.98 Å². The second kappa shape index (κ2) is 4.44. The lowest BCUT2D eigenvalue weighted by Crippen LogP contribution is -2.11. The number of hydrogen-bond acceptors (Lipinski definition) is 5. The summed E-state index contributed by atoms with van der Waals surface area (Å²) in [7, 11) is 1.89. The zero-order chi connectivity index (χ0) is 11.5. The van der Waals surface area contributed by atoms with Crippen molar-refractivity contribution in [2.75, 3.05) is 6.54 Å². The molecule has 2 heterocycles. The third-order valence-corrected chi connectivity index (χ3v) is 2.61. The number of nitrogens with zero attached hydrogens (tertiary/aromatic N) is 4. The van der Waals surface area contributed by atoms with E-state index in [1.54, 1.807) is 12.5 Å². The molecule has 16 heavy (non-hydrogen) atoms. The molecule has 2 aromatic rings. The molecule has 0 aromatic carbocycles. The van der Waals surface area contributed by atoms with Crippen molar-refractivity contribution in [2.45, 2.75) is 19.3 Å². The van der Waals surface area contributed by atoms with E-state index >= 15 is 0 Å². The molecule has 1 unspecified atom stereocenters. The number of rotatable bonds is 4. The summed E-state index contributed by atoms with van der Waals surface area (Å²) in [6.45, 7) is 2.56. The average molecular weight is 221 g/mol. The van der Waals surface area contributed by atoms with Gasteiger partial charge in [0, 0.05) is 13.6 Å². The molecule has 0 bridgehead atoms. The lowest BCUT2D eigenvalue weighted by atomic mass is 10.1. The van der Waals surface area contributed by atoms with Gasteiger partial charge in [0.2, 0.25) is 11.7 Å². The molecule has 0 fully saturated rings. The van der Waals surface area contributed by atoms with E-state index in [0.717, 1.165) is 12.1 Å². The predicted octanol–water partition coefficient (Wildman–Crippen LogP) is 0.922. The summed E-state index contributed by atoms with van der Waals surface area (Å²) in [5.74, 6) is 1.29. The maximum absolute atomic E-state index is 5.63. The lowest BCUT2D eigenvalue weighted by Gasteiger charge is -2.04. The molecule has 0 saturated carbocycles. The van der Waals surface area contributed by atoms with E-state index in [1.165, 1.54) is 0 Å². The Balaban J connectivity index is 2.29. The van der Waals surface area contributed by atoms with Crippen LogP contribution in [0.1, 0.15) is 25.2 Å². The van der Waals surface area contributed by atoms with E-state index in [1.807, 2.05) is 18.5 Å². The highest BCUT2D eigenvalue weighted by Crippen LogP contribution is 2.20. The summed E-state index contributed by atoms with van der Waals surface area (Å²) in [6, 6.07) is 0. The van der Waals surface area contributed by atoms with E-state index in [9.17, 15) is 0 Å². The van der Waals surface area contributed by atoms with Gasteiger partial charge < -0.3 is 14.8 Å². The first-order valence-electron chi connectivity index (χ1n) is 5.26. The van der Waals surface area contributed by atoms with Crippen LogP contribution in [0.2, 0.25) is 0 Å². The molecule has 2 aromatic heterocycles. The van der Waals surface area contributed by atoms with Gasteiger partial charge in [-0.2, -0.15) is 4.98 Å². The molecule has 6 heteroatoms. The van der Waals surface area contributed by atoms with Crippen LogP contribution in [0.25, 0.3) is 11.5 Å². The zero-order valence-electron chi connectivity index (χ0n) is 9.42. The second-order valence-electron chi connectivity index (χ2n) is 3.69. The van der Waals surface area contributed by atoms with E-state index in [-0.39, 0.29) is 5.92 Å². The van der Waals surface area contributed by atoms with Crippen molar-refractivity contribution >= 4 is 0 Å². The minimum absolute atomic E-state index is 0.134. The van der Waals surface area contributed by atoms with Crippen molar-refractivity contribution in [1.82, 2.24) is 19.7 Å². The smallest absolute Gasteiger partial charge is 0.231 e. The molecular formula is C10H15N5O. The fourth-order valence-corrected chi connectivity index (χ4v) is 1.52. The molecule has 0 amide bonds. The highest BCUT2D eigenvalue weighted by molar-refractivity contribution is 5.47. The third kappa shape index (κ3) is 1.83. The van der Waals surface area contributed by atoms with Crippen molar-refractivity contribution < 1.29 is 4.52 Å². The number of nitrogens with two attached hydrogens (primary N) is 1. The first kappa shape index (κ1) is 10.8. The van der Waals surface area contributed by atoms with E-state index in [4.69, 9.17) is 10.3 Å². The molecule has 2 N–H and O–H groups in total. The number of aryl methyl sites for hydroxylation is 1. The highest BCUT2D eigenvalue weighted by Gasteiger charge is 2.17. The first-order valence-corrected chi connectivity index (χ1v) is 5.26. The largest absolute Gasteiger partial charge is 0.339 e. The quantitative estimate of drug-likeness (QED) is 0.830. The van der Waals surface area contributed by atoms with Gasteiger partial charge in [-0.3, -0.25) is 0 Å². The van der Waals surface area contributed by atoms with Crippen LogP contribution in [0.5, 0.6) is 0 Å². The van der Waals surface area contributed by atoms with Crippen LogP contribution in [-0.2, 0) is 7.05 Å². The van der Waals surface area contributed by atoms with Crippen LogP contribution in [0.4, 0.5) is 0 Å². The third-order valence-electron chi connectivity index (χ3n) is 2.61. The molecular weight excluding hydrogens is 206 g/mol. The fourth-order valence-electron chi connectivity index (χ4n) is 1.52. The molecule has 0 radical (unpaired) electrons. The Morgan fingerprint density at radius 1 is 1.56 bits per heavy atom. The molecule has 6 nitrogen and oxygen atoms in total. The Morgan fingerprint density at radius 2 is 2.38 bits per heavy atom. The van der Waals surface area contributed by atoms with Crippen LogP contribution < -0.4 is 5.73 Å². The van der Waals surface area contributed by atoms with Crippen LogP contribution in [0, 0.1) is 0 Å². The Hall–Kier alpha value is -1.69. The molecule has 2 rings (SSSR count). The van der Waals surface area contributed by atoms with Crippen molar-refractivity contribution in [3.63, 3.8) is 0 Å². The van der Waals surface area contributed by atoms with Crippen molar-refractivity contribution in [2.24, 2.45) is 12.8 Å². The van der Waals surface area contributed by atoms with Gasteiger partial charge in [-0.05, 0) is 6.42 Å². The summed E-state index contributed by atoms with van der Waals surface area (Å²) in [5, 5.41) is 3.93. The van der Waals surface area contributed by atoms with Gasteiger partial charge in [-0.15, -0.1) is 0 Å². The van der Waals surface area contributed by atoms with Gasteiger partial charge in [-0.1, -0.05) is 12.1 Å². The van der Waals surface area contributed by atoms with Crippen LogP contribution in [0.3, 0.4) is 0 Å². The van der Waals surface area contributed by atoms with Crippen LogP contribution >= 0.6 is 0 Å². The summed E-state index contributed by atoms with van der Waals surface area (Å²) < 4.78 is 7.05. The lowest BCUT2D eigenvalue weighted by molar-refractivity contribution is 0.351. The second-order valence-corrected chi connectivity index (χ2v) is 3.69. The van der Waals surface area contributed by atoms with Gasteiger partial charge >= 0.3 is 0 Å². The number of aromatic nitrogens is 4. The maximum Gasteiger partial charge on any atom is 0.231 e. The molecule has 0 spiro atoms. The summed E-state index contributed by atoms with van der Waals surface area (Å²) in [6.07, 6.45) is 4.30. The maximum atomic E-state index is 5.63. The van der Waals surface area contributed by atoms with Crippen LogP contribution in [-0.4, -0.2) is 26.2 Å². The summed E-state index contributed by atoms with van der Waals surface area (Å²) in [5.41, 5.74) is 6.46. The molecule has 0 saturated heterocycles. The summed E-state index contributed by atoms with van der Waals surface area (Å²) >= 11 is 0. The molecule has 1 atom stereocenters. The van der Waals surface area contributed by atoms with Gasteiger partial charge in [0.15, 0.2) is 0 Å². The first-order chi connectivity index (χ1) is 7.76. The molecule has 0 aliphatic carbocycles. The van der Waals surface area contributed by atoms with E-state index in [2.05, 4.69) is 15.1 Å². The number of imidazole rings is 1. The van der Waals surface area contributed by atoms with Gasteiger partial charge in [0.1, 0.15) is 5.69 Å². The van der Waals surface area contributed by atoms with Gasteiger partial charge in [0.05, 0.1) is 18.4 Å². The zero-order valence-corrected chi connectivity index (χ0v) is 9.42. The highest BCUT2D eigenvalue weighted by atomic mass is 16.5. The fraction of sp³-hybridized carbons (Fsp3) is 0.500.